The maximum Gasteiger partial charge on any atom is 0.271 e. The predicted molar refractivity (Wildman–Crippen MR) is 120 cm³/mol. The average molecular weight is 437 g/mol. The van der Waals surface area contributed by atoms with Crippen molar-refractivity contribution in [3.8, 4) is 11.5 Å². The van der Waals surface area contributed by atoms with E-state index in [1.165, 1.54) is 13.2 Å². The number of primary amides is 1. The van der Waals surface area contributed by atoms with Crippen LogP contribution >= 0.6 is 0 Å². The van der Waals surface area contributed by atoms with Crippen LogP contribution in [-0.2, 0) is 6.42 Å². The molecule has 3 aromatic rings. The number of hydrogen-bond acceptors (Lipinski definition) is 6. The van der Waals surface area contributed by atoms with Gasteiger partial charge in [-0.2, -0.15) is 0 Å². The van der Waals surface area contributed by atoms with Crippen LogP contribution in [0.4, 0.5) is 0 Å². The van der Waals surface area contributed by atoms with Gasteiger partial charge in [-0.05, 0) is 48.7 Å². The zero-order chi connectivity index (χ0) is 23.1. The molecule has 8 nitrogen and oxygen atoms in total. The van der Waals surface area contributed by atoms with Crippen molar-refractivity contribution in [2.45, 2.75) is 39.0 Å². The molecule has 0 saturated heterocycles. The Morgan fingerprint density at radius 1 is 1.16 bits per heavy atom. The first-order valence-corrected chi connectivity index (χ1v) is 10.5. The zero-order valence-electron chi connectivity index (χ0n) is 18.2. The molecule has 3 rings (SSSR count). The minimum absolute atomic E-state index is 0.0195. The fraction of sp³-hybridized carbons (Fsp3) is 0.292. The van der Waals surface area contributed by atoms with E-state index in [9.17, 15) is 14.7 Å². The number of nitrogens with zero attached hydrogens (tertiary/aromatic N) is 1. The molecule has 0 bridgehead atoms. The third-order valence-electron chi connectivity index (χ3n) is 5.10. The van der Waals surface area contributed by atoms with Gasteiger partial charge in [0.1, 0.15) is 22.6 Å². The Bertz CT molecular complexity index is 1200. The van der Waals surface area contributed by atoms with Gasteiger partial charge in [-0.3, -0.25) is 9.59 Å². The number of unbranched alkanes of at least 4 members (excludes halogenated alkanes) is 3. The Hall–Kier alpha value is -3.81. The van der Waals surface area contributed by atoms with Crippen LogP contribution in [0.5, 0.6) is 11.5 Å². The number of rotatable bonds is 9. The summed E-state index contributed by atoms with van der Waals surface area (Å²) < 4.78 is 10.8. The van der Waals surface area contributed by atoms with Gasteiger partial charge in [0, 0.05) is 17.0 Å². The third-order valence-corrected chi connectivity index (χ3v) is 5.10. The fourth-order valence-corrected chi connectivity index (χ4v) is 3.34. The highest BCUT2D eigenvalue weighted by molar-refractivity contribution is 5.96. The Morgan fingerprint density at radius 2 is 1.97 bits per heavy atom. The summed E-state index contributed by atoms with van der Waals surface area (Å²) in [6.45, 7) is 2.14. The van der Waals surface area contributed by atoms with E-state index in [1.54, 1.807) is 36.4 Å². The number of nitrogens with one attached hydrogen (secondary N) is 1. The smallest absolute Gasteiger partial charge is 0.271 e. The van der Waals surface area contributed by atoms with Crippen LogP contribution in [0.15, 0.2) is 52.0 Å². The molecular formula is C24H27N3O5. The molecule has 4 N–H and O–H groups in total. The summed E-state index contributed by atoms with van der Waals surface area (Å²) in [5, 5.41) is 14.9. The molecule has 0 aliphatic carbocycles. The van der Waals surface area contributed by atoms with E-state index in [2.05, 4.69) is 17.5 Å². The number of carbonyl (C=O) groups is 2. The number of phenolic OH excluding ortho intramolecular Hbond substituents is 1. The van der Waals surface area contributed by atoms with Gasteiger partial charge in [0.15, 0.2) is 0 Å². The Morgan fingerprint density at radius 3 is 2.69 bits per heavy atom. The molecule has 32 heavy (non-hydrogen) atoms. The molecular weight excluding hydrogens is 410 g/mol. The van der Waals surface area contributed by atoms with Crippen molar-refractivity contribution < 1.29 is 23.8 Å². The first kappa shape index (κ1) is 22.9. The van der Waals surface area contributed by atoms with Crippen LogP contribution in [0.1, 0.15) is 58.9 Å². The van der Waals surface area contributed by atoms with Gasteiger partial charge in [0.05, 0.1) is 7.11 Å². The second-order valence-electron chi connectivity index (χ2n) is 7.44. The molecule has 1 heterocycles. The van der Waals surface area contributed by atoms with E-state index in [1.807, 2.05) is 0 Å². The Kier molecular flexibility index (Phi) is 7.49. The van der Waals surface area contributed by atoms with Gasteiger partial charge < -0.3 is 20.0 Å². The second kappa shape index (κ2) is 10.5. The number of carbonyl (C=O) groups excluding carboxylic acids is 2. The third kappa shape index (κ3) is 5.46. The molecule has 0 atom stereocenters. The summed E-state index contributed by atoms with van der Waals surface area (Å²) in [4.78, 5) is 24.4. The fourth-order valence-electron chi connectivity index (χ4n) is 3.34. The topological polar surface area (TPSA) is 127 Å². The van der Waals surface area contributed by atoms with Gasteiger partial charge in [-0.25, -0.2) is 5.43 Å². The van der Waals surface area contributed by atoms with Gasteiger partial charge >= 0.3 is 0 Å². The van der Waals surface area contributed by atoms with E-state index in [0.29, 0.717) is 22.3 Å². The highest BCUT2D eigenvalue weighted by atomic mass is 16.5. The van der Waals surface area contributed by atoms with E-state index >= 15 is 0 Å². The summed E-state index contributed by atoms with van der Waals surface area (Å²) in [6.07, 6.45) is 5.02. The lowest BCUT2D eigenvalue weighted by Gasteiger charge is -2.08. The first-order valence-electron chi connectivity index (χ1n) is 10.5. The molecule has 2 amide bonds. The summed E-state index contributed by atoms with van der Waals surface area (Å²) in [7, 11) is 1.50. The maximum absolute atomic E-state index is 12.4. The minimum atomic E-state index is -0.748. The standard InChI is InChI=1S/C24H27N3O5/c1-3-4-5-6-8-15-11-17-13-19(22(25)29)24(32-21(17)14-20(15)28)27-26-23(30)16-9-7-10-18(12-16)31-2/h7,9-14,28H,3-6,8H2,1-2H3,(H2,25,29)(H,26,30). The summed E-state index contributed by atoms with van der Waals surface area (Å²) in [6, 6.07) is 11.3. The summed E-state index contributed by atoms with van der Waals surface area (Å²) >= 11 is 0. The number of fused-ring (bicyclic) bond motifs is 1. The Labute approximate surface area is 185 Å². The normalized spacial score (nSPS) is 11.5. The summed E-state index contributed by atoms with van der Waals surface area (Å²) in [5.74, 6) is -0.634. The van der Waals surface area contributed by atoms with Crippen molar-refractivity contribution in [2.24, 2.45) is 10.8 Å². The van der Waals surface area contributed by atoms with Crippen molar-refractivity contribution in [2.75, 3.05) is 7.11 Å². The largest absolute Gasteiger partial charge is 0.508 e. The quantitative estimate of drug-likeness (QED) is 0.348. The van der Waals surface area contributed by atoms with E-state index in [4.69, 9.17) is 14.9 Å². The van der Waals surface area contributed by atoms with Crippen LogP contribution in [0.3, 0.4) is 0 Å². The SMILES string of the molecule is CCCCCCc1cc2cc(C(N)=O)c(=NNC(=O)c3cccc(OC)c3)oc2cc1O. The van der Waals surface area contributed by atoms with Gasteiger partial charge in [0.25, 0.3) is 11.8 Å². The maximum atomic E-state index is 12.4. The second-order valence-corrected chi connectivity index (χ2v) is 7.44. The number of benzene rings is 2. The summed E-state index contributed by atoms with van der Waals surface area (Å²) in [5.41, 5.74) is 9.14. The Balaban J connectivity index is 1.92. The highest BCUT2D eigenvalue weighted by Gasteiger charge is 2.13. The lowest BCUT2D eigenvalue weighted by Crippen LogP contribution is -2.27. The van der Waals surface area contributed by atoms with Crippen molar-refractivity contribution >= 4 is 22.8 Å². The van der Waals surface area contributed by atoms with Crippen molar-refractivity contribution in [1.82, 2.24) is 5.43 Å². The van der Waals surface area contributed by atoms with Crippen molar-refractivity contribution in [3.63, 3.8) is 0 Å². The van der Waals surface area contributed by atoms with Crippen molar-refractivity contribution in [3.05, 3.63) is 64.7 Å². The minimum Gasteiger partial charge on any atom is -0.508 e. The highest BCUT2D eigenvalue weighted by Crippen LogP contribution is 2.26. The van der Waals surface area contributed by atoms with Crippen LogP contribution < -0.4 is 21.5 Å². The molecule has 0 saturated carbocycles. The van der Waals surface area contributed by atoms with E-state index in [0.717, 1.165) is 37.7 Å². The number of amides is 2. The first-order chi connectivity index (χ1) is 15.4. The molecule has 0 fully saturated rings. The number of ether oxygens (including phenoxy) is 1. The molecule has 0 radical (unpaired) electrons. The number of aryl methyl sites for hydroxylation is 1. The molecule has 168 valence electrons. The molecule has 2 aromatic carbocycles. The van der Waals surface area contributed by atoms with Gasteiger partial charge in [-0.1, -0.05) is 32.3 Å². The number of phenols is 1. The lowest BCUT2D eigenvalue weighted by molar-refractivity contribution is 0.0946. The monoisotopic (exact) mass is 437 g/mol. The molecule has 0 spiro atoms. The number of hydrogen-bond donors (Lipinski definition) is 3. The van der Waals surface area contributed by atoms with E-state index in [-0.39, 0.29) is 16.9 Å². The van der Waals surface area contributed by atoms with Crippen LogP contribution in [0, 0.1) is 0 Å². The molecule has 0 aliphatic rings. The predicted octanol–water partition coefficient (Wildman–Crippen LogP) is 3.61. The zero-order valence-corrected chi connectivity index (χ0v) is 18.2. The lowest BCUT2D eigenvalue weighted by atomic mass is 10.0. The molecule has 0 aliphatic heterocycles. The van der Waals surface area contributed by atoms with E-state index < -0.39 is 11.8 Å². The van der Waals surface area contributed by atoms with Gasteiger partial charge in [0.2, 0.25) is 5.55 Å². The van der Waals surface area contributed by atoms with Crippen molar-refractivity contribution in [1.29, 1.82) is 0 Å². The van der Waals surface area contributed by atoms with Crippen LogP contribution in [0.2, 0.25) is 0 Å². The van der Waals surface area contributed by atoms with Crippen LogP contribution in [-0.4, -0.2) is 24.0 Å². The molecule has 1 aromatic heterocycles. The molecule has 0 unspecified atom stereocenters. The number of methoxy groups -OCH3 is 1. The van der Waals surface area contributed by atoms with Crippen LogP contribution in [0.25, 0.3) is 11.0 Å². The van der Waals surface area contributed by atoms with Gasteiger partial charge in [-0.15, -0.1) is 5.10 Å². The number of aromatic hydroxyl groups is 1. The average Bonchev–Trinajstić information content (AvgIpc) is 2.79. The molecule has 8 heteroatoms. The number of nitrogens with two attached hydrogens (primary N) is 1.